The number of carbonyl (C=O) groups is 3. The van der Waals surface area contributed by atoms with E-state index in [1.807, 2.05) is 32.0 Å². The molecule has 4 aromatic rings. The quantitative estimate of drug-likeness (QED) is 0.182. The maximum atomic E-state index is 13.2. The van der Waals surface area contributed by atoms with Crippen molar-refractivity contribution >= 4 is 41.2 Å². The Morgan fingerprint density at radius 3 is 2.74 bits per heavy atom. The Labute approximate surface area is 270 Å². The molecule has 0 fully saturated rings. The maximum absolute atomic E-state index is 13.2. The van der Waals surface area contributed by atoms with E-state index in [1.54, 1.807) is 30.5 Å². The smallest absolute Gasteiger partial charge is 0.328 e. The van der Waals surface area contributed by atoms with Gasteiger partial charge in [-0.15, -0.1) is 5.10 Å². The van der Waals surface area contributed by atoms with Crippen molar-refractivity contribution in [2.75, 3.05) is 12.4 Å². The summed E-state index contributed by atoms with van der Waals surface area (Å²) in [6.07, 6.45) is 8.49. The summed E-state index contributed by atoms with van der Waals surface area (Å²) in [6, 6.07) is 9.67. The van der Waals surface area contributed by atoms with Crippen LogP contribution in [0, 0.1) is 0 Å². The van der Waals surface area contributed by atoms with Gasteiger partial charge < -0.3 is 25.1 Å². The number of ether oxygens (including phenoxy) is 2. The van der Waals surface area contributed by atoms with E-state index >= 15 is 0 Å². The summed E-state index contributed by atoms with van der Waals surface area (Å²) >= 11 is 6.23. The molecule has 2 aromatic heterocycles. The average molecular weight is 647 g/mol. The van der Waals surface area contributed by atoms with Crippen LogP contribution >= 0.6 is 11.6 Å². The number of fused-ring (bicyclic) bond motifs is 4. The van der Waals surface area contributed by atoms with Gasteiger partial charge in [-0.2, -0.15) is 4.68 Å². The molecule has 1 aliphatic heterocycles. The minimum absolute atomic E-state index is 0.0782. The van der Waals surface area contributed by atoms with E-state index in [1.165, 1.54) is 24.2 Å². The number of amides is 1. The van der Waals surface area contributed by atoms with Crippen LogP contribution in [0.15, 0.2) is 55.0 Å². The number of rotatable bonds is 8. The largest absolute Gasteiger partial charge is 0.469 e. The Hall–Kier alpha value is -5.04. The molecule has 3 heterocycles. The van der Waals surface area contributed by atoms with Gasteiger partial charge in [-0.3, -0.25) is 9.59 Å². The van der Waals surface area contributed by atoms with Crippen LogP contribution in [0.4, 0.5) is 5.69 Å². The number of imidazole rings is 1. The number of tetrazole rings is 1. The molecule has 14 heteroatoms. The van der Waals surface area contributed by atoms with Crippen LogP contribution in [0.2, 0.25) is 5.02 Å². The molecule has 240 valence electrons. The van der Waals surface area contributed by atoms with Crippen LogP contribution in [0.25, 0.3) is 23.0 Å². The molecule has 5 rings (SSSR count). The van der Waals surface area contributed by atoms with Gasteiger partial charge in [-0.25, -0.2) is 9.78 Å². The molecule has 0 aliphatic carbocycles. The van der Waals surface area contributed by atoms with Crippen molar-refractivity contribution in [3.8, 4) is 16.9 Å². The Balaban J connectivity index is 1.42. The number of esters is 2. The number of hydrogen-bond acceptors (Lipinski definition) is 10. The number of halogens is 1. The lowest BCUT2D eigenvalue weighted by molar-refractivity contribution is -0.148. The van der Waals surface area contributed by atoms with E-state index < -0.39 is 12.1 Å². The van der Waals surface area contributed by atoms with Gasteiger partial charge in [0.05, 0.1) is 43.3 Å². The number of methoxy groups -OCH3 is 1. The highest BCUT2D eigenvalue weighted by Gasteiger charge is 2.25. The second kappa shape index (κ2) is 14.8. The van der Waals surface area contributed by atoms with Gasteiger partial charge in [0.25, 0.3) is 0 Å². The van der Waals surface area contributed by atoms with Gasteiger partial charge >= 0.3 is 11.9 Å². The highest BCUT2D eigenvalue weighted by atomic mass is 35.5. The van der Waals surface area contributed by atoms with E-state index in [2.05, 4.69) is 36.1 Å². The molecule has 1 amide bonds. The van der Waals surface area contributed by atoms with E-state index in [9.17, 15) is 14.4 Å². The van der Waals surface area contributed by atoms with Gasteiger partial charge in [-0.05, 0) is 73.0 Å². The number of nitrogens with zero attached hydrogens (tertiary/aromatic N) is 5. The third-order valence-corrected chi connectivity index (χ3v) is 7.63. The summed E-state index contributed by atoms with van der Waals surface area (Å²) in [5.74, 6) is -0.471. The zero-order valence-corrected chi connectivity index (χ0v) is 26.5. The van der Waals surface area contributed by atoms with E-state index in [0.29, 0.717) is 59.2 Å². The number of aromatic nitrogens is 6. The van der Waals surface area contributed by atoms with Crippen LogP contribution in [0.3, 0.4) is 0 Å². The summed E-state index contributed by atoms with van der Waals surface area (Å²) in [5, 5.41) is 18.2. The predicted octanol–water partition coefficient (Wildman–Crippen LogP) is 4.60. The second-order valence-electron chi connectivity index (χ2n) is 11.1. The Morgan fingerprint density at radius 2 is 1.98 bits per heavy atom. The van der Waals surface area contributed by atoms with Gasteiger partial charge in [0, 0.05) is 27.9 Å². The molecule has 0 spiro atoms. The highest BCUT2D eigenvalue weighted by molar-refractivity contribution is 6.30. The Bertz CT molecular complexity index is 1720. The number of hydrogen-bond donors (Lipinski definition) is 3. The third kappa shape index (κ3) is 8.16. The molecule has 1 aliphatic rings. The van der Waals surface area contributed by atoms with E-state index in [4.69, 9.17) is 21.1 Å². The van der Waals surface area contributed by atoms with Gasteiger partial charge in [0.2, 0.25) is 5.91 Å². The molecular weight excluding hydrogens is 612 g/mol. The number of H-pyrrole nitrogens is 1. The molecule has 2 aromatic carbocycles. The van der Waals surface area contributed by atoms with Gasteiger partial charge in [0.15, 0.2) is 0 Å². The topological polar surface area (TPSA) is 166 Å². The molecule has 0 saturated heterocycles. The first-order chi connectivity index (χ1) is 22.2. The fourth-order valence-electron chi connectivity index (χ4n) is 5.19. The fourth-order valence-corrected chi connectivity index (χ4v) is 5.38. The monoisotopic (exact) mass is 646 g/mol. The molecule has 2 bridgehead atoms. The lowest BCUT2D eigenvalue weighted by Gasteiger charge is -2.23. The van der Waals surface area contributed by atoms with Crippen molar-refractivity contribution in [1.82, 2.24) is 35.5 Å². The fraction of sp³-hybridized carbons (Fsp3) is 0.344. The van der Waals surface area contributed by atoms with Crippen molar-refractivity contribution in [3.63, 3.8) is 0 Å². The summed E-state index contributed by atoms with van der Waals surface area (Å²) in [7, 11) is 1.34. The number of benzene rings is 2. The number of nitrogens with one attached hydrogen (secondary N) is 3. The van der Waals surface area contributed by atoms with Crippen molar-refractivity contribution in [1.29, 1.82) is 0 Å². The summed E-state index contributed by atoms with van der Waals surface area (Å²) in [6.45, 7) is 3.62. The number of carbonyl (C=O) groups excluding carboxylic acids is 3. The summed E-state index contributed by atoms with van der Waals surface area (Å²) in [4.78, 5) is 46.3. The molecule has 0 radical (unpaired) electrons. The molecule has 13 nitrogen and oxygen atoms in total. The molecule has 2 atom stereocenters. The second-order valence-corrected chi connectivity index (χ2v) is 11.6. The van der Waals surface area contributed by atoms with Crippen molar-refractivity contribution in [2.24, 2.45) is 0 Å². The lowest BCUT2D eigenvalue weighted by atomic mass is 10.0. The normalized spacial score (nSPS) is 16.5. The predicted molar refractivity (Wildman–Crippen MR) is 171 cm³/mol. The molecule has 0 saturated carbocycles. The van der Waals surface area contributed by atoms with Crippen LogP contribution < -0.4 is 10.6 Å². The van der Waals surface area contributed by atoms with E-state index in [0.717, 1.165) is 11.1 Å². The molecule has 3 N–H and O–H groups in total. The summed E-state index contributed by atoms with van der Waals surface area (Å²) < 4.78 is 11.9. The van der Waals surface area contributed by atoms with Crippen molar-refractivity contribution in [2.45, 2.75) is 64.1 Å². The number of aromatic amines is 1. The van der Waals surface area contributed by atoms with Gasteiger partial charge in [0.1, 0.15) is 18.2 Å². The maximum Gasteiger partial charge on any atom is 0.328 e. The van der Waals surface area contributed by atoms with Crippen LogP contribution in [0.1, 0.15) is 62.5 Å². The summed E-state index contributed by atoms with van der Waals surface area (Å²) in [5.41, 5.74) is 4.11. The first-order valence-electron chi connectivity index (χ1n) is 14.9. The molecule has 46 heavy (non-hydrogen) atoms. The minimum Gasteiger partial charge on any atom is -0.469 e. The molecular formula is C32H35ClN8O5. The average Bonchev–Trinajstić information content (AvgIpc) is 3.73. The molecule has 0 unspecified atom stereocenters. The van der Waals surface area contributed by atoms with E-state index in [-0.39, 0.29) is 30.4 Å². The van der Waals surface area contributed by atoms with Crippen LogP contribution in [0.5, 0.6) is 0 Å². The van der Waals surface area contributed by atoms with Crippen LogP contribution in [-0.2, 0) is 30.3 Å². The first-order valence-corrected chi connectivity index (χ1v) is 15.3. The zero-order valence-electron chi connectivity index (χ0n) is 25.7. The lowest BCUT2D eigenvalue weighted by Crippen LogP contribution is -2.33. The number of anilines is 1. The van der Waals surface area contributed by atoms with Crippen molar-refractivity contribution < 1.29 is 23.9 Å². The zero-order chi connectivity index (χ0) is 32.6. The Kier molecular flexibility index (Phi) is 10.4. The van der Waals surface area contributed by atoms with Gasteiger partial charge in [-0.1, -0.05) is 36.6 Å². The highest BCUT2D eigenvalue weighted by Crippen LogP contribution is 2.32. The van der Waals surface area contributed by atoms with Crippen LogP contribution in [-0.4, -0.2) is 67.3 Å². The van der Waals surface area contributed by atoms with Crippen molar-refractivity contribution in [3.05, 3.63) is 77.0 Å². The third-order valence-electron chi connectivity index (χ3n) is 7.39. The first kappa shape index (κ1) is 32.4. The minimum atomic E-state index is -0.626. The Morgan fingerprint density at radius 1 is 1.15 bits per heavy atom. The SMILES string of the molecule is COC(=O)Cc1ccc2c(c1)N[C@@H](C(=O)OC(C)C)CCCC[C@H](NC(=O)/C=C/c1cc(Cl)ccc1-n1cnnn1)c1ncc-2[nH]1. The standard InChI is InChI=1S/C32H35ClN8O5/c1-19(2)46-32(44)25-7-5-4-6-24(37-29(42)13-9-21-16-22(33)10-12-28(21)41-18-35-39-40-41)31-34-17-27(38-31)23-11-8-20(14-26(23)36-25)15-30(43)45-3/h8-14,16-19,24-25,36H,4-7,15H2,1-3H3,(H,34,38)(H,37,42)/b13-9+/t24-,25+/m0/s1.